The van der Waals surface area contributed by atoms with E-state index in [1.165, 1.54) is 12.1 Å². The molecule has 1 amide bonds. The summed E-state index contributed by atoms with van der Waals surface area (Å²) in [4.78, 5) is 12.2. The minimum atomic E-state index is -0.529. The first kappa shape index (κ1) is 14.5. The highest BCUT2D eigenvalue weighted by molar-refractivity contribution is 6.05. The average Bonchev–Trinajstić information content (AvgIpc) is 2.48. The molecule has 0 unspecified atom stereocenters. The van der Waals surface area contributed by atoms with Gasteiger partial charge >= 0.3 is 0 Å². The number of nitrogens with two attached hydrogens (primary N) is 1. The van der Waals surface area contributed by atoms with Gasteiger partial charge in [0.1, 0.15) is 11.9 Å². The van der Waals surface area contributed by atoms with Gasteiger partial charge < -0.3 is 10.7 Å². The van der Waals surface area contributed by atoms with E-state index in [1.54, 1.807) is 18.2 Å². The average molecular weight is 284 g/mol. The molecule has 5 nitrogen and oxygen atoms in total. The van der Waals surface area contributed by atoms with E-state index in [4.69, 9.17) is 11.1 Å². The number of carbonyl (C=O) groups excluding carboxylic acids is 1. The quantitative estimate of drug-likeness (QED) is 0.596. The number of nitrogens with zero attached hydrogens (tertiary/aromatic N) is 1. The summed E-state index contributed by atoms with van der Waals surface area (Å²) < 4.78 is 13.0. The van der Waals surface area contributed by atoms with E-state index in [2.05, 4.69) is 10.7 Å². The molecule has 0 spiro atoms. The second-order valence-corrected chi connectivity index (χ2v) is 4.43. The van der Waals surface area contributed by atoms with Crippen molar-refractivity contribution in [3.8, 4) is 6.07 Å². The predicted octanol–water partition coefficient (Wildman–Crippen LogP) is 2.54. The van der Waals surface area contributed by atoms with Gasteiger partial charge in [-0.25, -0.2) is 4.39 Å². The Morgan fingerprint density at radius 1 is 1.24 bits per heavy atom. The third-order valence-corrected chi connectivity index (χ3v) is 2.99. The fourth-order valence-corrected chi connectivity index (χ4v) is 1.88. The lowest BCUT2D eigenvalue weighted by atomic mass is 10.1. The molecule has 21 heavy (non-hydrogen) atoms. The van der Waals surface area contributed by atoms with Crippen molar-refractivity contribution in [3.05, 3.63) is 58.9 Å². The molecule has 0 atom stereocenters. The Morgan fingerprint density at radius 3 is 2.57 bits per heavy atom. The molecule has 0 aliphatic rings. The van der Waals surface area contributed by atoms with Crippen LogP contribution in [0.1, 0.15) is 21.5 Å². The molecule has 2 aromatic rings. The molecule has 0 aliphatic carbocycles. The molecule has 0 fully saturated rings. The number of nitrogen functional groups attached to an aromatic ring is 1. The molecule has 106 valence electrons. The van der Waals surface area contributed by atoms with Crippen molar-refractivity contribution in [1.29, 1.82) is 5.26 Å². The summed E-state index contributed by atoms with van der Waals surface area (Å²) in [6, 6.07) is 10.4. The molecule has 0 radical (unpaired) electrons. The summed E-state index contributed by atoms with van der Waals surface area (Å²) >= 11 is 0. The molecule has 0 saturated carbocycles. The van der Waals surface area contributed by atoms with Crippen molar-refractivity contribution < 1.29 is 9.18 Å². The first-order chi connectivity index (χ1) is 10.0. The highest BCUT2D eigenvalue weighted by Crippen LogP contribution is 2.19. The van der Waals surface area contributed by atoms with E-state index < -0.39 is 5.82 Å². The number of rotatable bonds is 3. The van der Waals surface area contributed by atoms with Gasteiger partial charge in [-0.05, 0) is 48.9 Å². The van der Waals surface area contributed by atoms with Crippen LogP contribution in [0.4, 0.5) is 15.8 Å². The summed E-state index contributed by atoms with van der Waals surface area (Å²) in [7, 11) is 0. The van der Waals surface area contributed by atoms with Crippen LogP contribution < -0.4 is 16.6 Å². The van der Waals surface area contributed by atoms with Crippen LogP contribution in [-0.2, 0) is 0 Å². The monoisotopic (exact) mass is 284 g/mol. The van der Waals surface area contributed by atoms with Crippen LogP contribution in [0.2, 0.25) is 0 Å². The summed E-state index contributed by atoms with van der Waals surface area (Å²) in [5, 5.41) is 11.5. The molecule has 0 aromatic heterocycles. The van der Waals surface area contributed by atoms with E-state index in [0.29, 0.717) is 11.3 Å². The first-order valence-corrected chi connectivity index (χ1v) is 6.13. The van der Waals surface area contributed by atoms with E-state index in [9.17, 15) is 9.18 Å². The molecule has 2 aromatic carbocycles. The van der Waals surface area contributed by atoms with Gasteiger partial charge in [0.05, 0.1) is 16.9 Å². The zero-order valence-electron chi connectivity index (χ0n) is 11.3. The standard InChI is InChI=1S/C15H13FN4O/c1-9-6-10(2-4-13(9)20-18)15(21)19-14-5-3-12(16)7-11(14)8-17/h2-7,20H,18H2,1H3,(H,19,21). The molecule has 0 aliphatic heterocycles. The Labute approximate surface area is 121 Å². The lowest BCUT2D eigenvalue weighted by Crippen LogP contribution is -2.14. The van der Waals surface area contributed by atoms with Gasteiger partial charge in [-0.3, -0.25) is 10.6 Å². The molecule has 2 rings (SSSR count). The van der Waals surface area contributed by atoms with Crippen LogP contribution in [-0.4, -0.2) is 5.91 Å². The number of halogens is 1. The molecular formula is C15H13FN4O. The number of aryl methyl sites for hydroxylation is 1. The number of nitriles is 1. The van der Waals surface area contributed by atoms with Gasteiger partial charge in [-0.1, -0.05) is 0 Å². The first-order valence-electron chi connectivity index (χ1n) is 6.13. The highest BCUT2D eigenvalue weighted by atomic mass is 19.1. The zero-order valence-corrected chi connectivity index (χ0v) is 11.3. The van der Waals surface area contributed by atoms with Crippen molar-refractivity contribution >= 4 is 17.3 Å². The molecule has 0 heterocycles. The van der Waals surface area contributed by atoms with Crippen LogP contribution in [0.3, 0.4) is 0 Å². The van der Waals surface area contributed by atoms with Gasteiger partial charge in [-0.2, -0.15) is 5.26 Å². The number of benzene rings is 2. The number of hydrogen-bond acceptors (Lipinski definition) is 4. The maximum Gasteiger partial charge on any atom is 0.255 e. The SMILES string of the molecule is Cc1cc(C(=O)Nc2ccc(F)cc2C#N)ccc1NN. The largest absolute Gasteiger partial charge is 0.324 e. The van der Waals surface area contributed by atoms with Gasteiger partial charge in [0, 0.05) is 5.56 Å². The Balaban J connectivity index is 2.26. The van der Waals surface area contributed by atoms with E-state index >= 15 is 0 Å². The van der Waals surface area contributed by atoms with Gasteiger partial charge in [0.15, 0.2) is 0 Å². The van der Waals surface area contributed by atoms with Gasteiger partial charge in [0.25, 0.3) is 5.91 Å². The van der Waals surface area contributed by atoms with Crippen molar-refractivity contribution in [2.75, 3.05) is 10.7 Å². The third-order valence-electron chi connectivity index (χ3n) is 2.99. The lowest BCUT2D eigenvalue weighted by Gasteiger charge is -2.09. The van der Waals surface area contributed by atoms with Crippen LogP contribution >= 0.6 is 0 Å². The zero-order chi connectivity index (χ0) is 15.4. The number of carbonyl (C=O) groups is 1. The molecule has 0 saturated heterocycles. The van der Waals surface area contributed by atoms with E-state index in [-0.39, 0.29) is 17.2 Å². The Hall–Kier alpha value is -2.91. The van der Waals surface area contributed by atoms with Crippen molar-refractivity contribution in [1.82, 2.24) is 0 Å². The fraction of sp³-hybridized carbons (Fsp3) is 0.0667. The second-order valence-electron chi connectivity index (χ2n) is 4.43. The Kier molecular flexibility index (Phi) is 4.16. The second kappa shape index (κ2) is 6.03. The Bertz CT molecular complexity index is 737. The van der Waals surface area contributed by atoms with Crippen LogP contribution in [0.5, 0.6) is 0 Å². The third kappa shape index (κ3) is 3.16. The Morgan fingerprint density at radius 2 is 1.95 bits per heavy atom. The highest BCUT2D eigenvalue weighted by Gasteiger charge is 2.11. The van der Waals surface area contributed by atoms with Crippen molar-refractivity contribution in [3.63, 3.8) is 0 Å². The summed E-state index contributed by atoms with van der Waals surface area (Å²) in [5.41, 5.74) is 4.80. The van der Waals surface area contributed by atoms with Crippen LogP contribution in [0.15, 0.2) is 36.4 Å². The van der Waals surface area contributed by atoms with Crippen LogP contribution in [0.25, 0.3) is 0 Å². The maximum absolute atomic E-state index is 13.0. The smallest absolute Gasteiger partial charge is 0.255 e. The minimum Gasteiger partial charge on any atom is -0.324 e. The fourth-order valence-electron chi connectivity index (χ4n) is 1.88. The predicted molar refractivity (Wildman–Crippen MR) is 78.1 cm³/mol. The molecule has 0 bridgehead atoms. The number of hydrogen-bond donors (Lipinski definition) is 3. The maximum atomic E-state index is 13.0. The van der Waals surface area contributed by atoms with Gasteiger partial charge in [0.2, 0.25) is 0 Å². The minimum absolute atomic E-state index is 0.0697. The summed E-state index contributed by atoms with van der Waals surface area (Å²) in [5.74, 6) is 4.42. The molecular weight excluding hydrogens is 271 g/mol. The number of anilines is 2. The van der Waals surface area contributed by atoms with E-state index in [0.717, 1.165) is 11.6 Å². The number of nitrogens with one attached hydrogen (secondary N) is 2. The topological polar surface area (TPSA) is 90.9 Å². The number of amides is 1. The molecule has 4 N–H and O–H groups in total. The van der Waals surface area contributed by atoms with Crippen LogP contribution in [0, 0.1) is 24.1 Å². The molecule has 6 heteroatoms. The normalized spacial score (nSPS) is 9.81. The van der Waals surface area contributed by atoms with Gasteiger partial charge in [-0.15, -0.1) is 0 Å². The lowest BCUT2D eigenvalue weighted by molar-refractivity contribution is 0.102. The summed E-state index contributed by atoms with van der Waals surface area (Å²) in [6.07, 6.45) is 0. The number of hydrazine groups is 1. The van der Waals surface area contributed by atoms with Crippen molar-refractivity contribution in [2.24, 2.45) is 5.84 Å². The summed E-state index contributed by atoms with van der Waals surface area (Å²) in [6.45, 7) is 1.81. The van der Waals surface area contributed by atoms with E-state index in [1.807, 2.05) is 13.0 Å². The van der Waals surface area contributed by atoms with Crippen molar-refractivity contribution in [2.45, 2.75) is 6.92 Å².